The van der Waals surface area contributed by atoms with Gasteiger partial charge < -0.3 is 20.1 Å². The fraction of sp³-hybridized carbons (Fsp3) is 0.375. The number of hydrogen-bond donors (Lipinski definition) is 2. The minimum atomic E-state index is -0.279. The fourth-order valence-electron chi connectivity index (χ4n) is 2.19. The van der Waals surface area contributed by atoms with Gasteiger partial charge in [0.15, 0.2) is 0 Å². The molecule has 0 unspecified atom stereocenters. The first-order valence-electron chi connectivity index (χ1n) is 7.52. The third-order valence-corrected chi connectivity index (χ3v) is 4.73. The van der Waals surface area contributed by atoms with E-state index >= 15 is 0 Å². The molecule has 0 aliphatic rings. The molecule has 6 nitrogen and oxygen atoms in total. The van der Waals surface area contributed by atoms with Crippen LogP contribution in [0.1, 0.15) is 26.6 Å². The van der Waals surface area contributed by atoms with Crippen molar-refractivity contribution in [3.05, 3.63) is 39.3 Å². The summed E-state index contributed by atoms with van der Waals surface area (Å²) in [5.74, 6) is -0.440. The van der Waals surface area contributed by atoms with E-state index in [0.717, 1.165) is 13.0 Å². The Kier molecular flexibility index (Phi) is 6.42. The lowest BCUT2D eigenvalue weighted by Gasteiger charge is -2.10. The van der Waals surface area contributed by atoms with Crippen molar-refractivity contribution in [2.45, 2.75) is 6.42 Å². The second kappa shape index (κ2) is 8.32. The molecule has 0 aliphatic heterocycles. The maximum absolute atomic E-state index is 12.2. The minimum absolute atomic E-state index is 0.161. The van der Waals surface area contributed by atoms with Crippen LogP contribution in [0.15, 0.2) is 23.7 Å². The van der Waals surface area contributed by atoms with Gasteiger partial charge in [0.25, 0.3) is 11.8 Å². The number of nitrogens with zero attached hydrogens (tertiary/aromatic N) is 2. The molecule has 0 aliphatic carbocycles. The molecule has 2 amide bonds. The van der Waals surface area contributed by atoms with Gasteiger partial charge in [-0.1, -0.05) is 11.6 Å². The van der Waals surface area contributed by atoms with E-state index in [-0.39, 0.29) is 11.8 Å². The largest absolute Gasteiger partial charge is 0.351 e. The van der Waals surface area contributed by atoms with Crippen LogP contribution >= 0.6 is 22.9 Å². The molecule has 2 aromatic rings. The molecule has 0 saturated carbocycles. The van der Waals surface area contributed by atoms with Crippen molar-refractivity contribution in [1.82, 2.24) is 14.8 Å². The number of nitrogens with one attached hydrogen (secondary N) is 2. The average molecular weight is 369 g/mol. The maximum atomic E-state index is 12.2. The summed E-state index contributed by atoms with van der Waals surface area (Å²) in [5.41, 5.74) is 1.05. The van der Waals surface area contributed by atoms with Crippen LogP contribution in [-0.2, 0) is 7.05 Å². The number of thiophene rings is 1. The molecule has 2 aromatic heterocycles. The van der Waals surface area contributed by atoms with Gasteiger partial charge in [-0.15, -0.1) is 11.3 Å². The normalized spacial score (nSPS) is 10.9. The summed E-state index contributed by atoms with van der Waals surface area (Å²) in [5, 5.41) is 7.83. The number of aryl methyl sites for hydroxylation is 1. The van der Waals surface area contributed by atoms with Crippen molar-refractivity contribution in [2.24, 2.45) is 7.05 Å². The van der Waals surface area contributed by atoms with Crippen LogP contribution in [0.2, 0.25) is 5.02 Å². The Morgan fingerprint density at radius 1 is 1.33 bits per heavy atom. The number of amides is 2. The lowest BCUT2D eigenvalue weighted by Crippen LogP contribution is -2.28. The van der Waals surface area contributed by atoms with E-state index in [1.165, 1.54) is 11.3 Å². The highest BCUT2D eigenvalue weighted by molar-refractivity contribution is 7.12. The van der Waals surface area contributed by atoms with E-state index in [0.29, 0.717) is 27.8 Å². The zero-order valence-electron chi connectivity index (χ0n) is 13.9. The molecule has 0 radical (unpaired) electrons. The van der Waals surface area contributed by atoms with E-state index < -0.39 is 0 Å². The molecule has 0 aromatic carbocycles. The number of aromatic nitrogens is 1. The van der Waals surface area contributed by atoms with Crippen LogP contribution in [0, 0.1) is 0 Å². The molecule has 8 heteroatoms. The van der Waals surface area contributed by atoms with Gasteiger partial charge in [0.1, 0.15) is 10.6 Å². The summed E-state index contributed by atoms with van der Waals surface area (Å²) in [6, 6.07) is 3.33. The van der Waals surface area contributed by atoms with E-state index in [2.05, 4.69) is 15.5 Å². The Morgan fingerprint density at radius 2 is 2.08 bits per heavy atom. The molecule has 0 spiro atoms. The molecule has 0 saturated heterocycles. The van der Waals surface area contributed by atoms with Crippen LogP contribution in [0.5, 0.6) is 0 Å². The summed E-state index contributed by atoms with van der Waals surface area (Å²) >= 11 is 7.23. The highest BCUT2D eigenvalue weighted by Crippen LogP contribution is 2.23. The van der Waals surface area contributed by atoms with Crippen molar-refractivity contribution in [3.8, 4) is 0 Å². The van der Waals surface area contributed by atoms with E-state index in [9.17, 15) is 9.59 Å². The standard InChI is InChI=1S/C16H21ClN4O2S/c1-20(2)7-4-6-18-15(22)13-9-11(10-21(13)3)19-16(23)14-12(17)5-8-24-14/h5,8-10H,4,6-7H2,1-3H3,(H,18,22)(H,19,23). The smallest absolute Gasteiger partial charge is 0.267 e. The monoisotopic (exact) mass is 368 g/mol. The highest BCUT2D eigenvalue weighted by Gasteiger charge is 2.16. The lowest BCUT2D eigenvalue weighted by atomic mass is 10.3. The second-order valence-electron chi connectivity index (χ2n) is 5.69. The highest BCUT2D eigenvalue weighted by atomic mass is 35.5. The second-order valence-corrected chi connectivity index (χ2v) is 7.01. The number of hydrogen-bond acceptors (Lipinski definition) is 4. The van der Waals surface area contributed by atoms with Crippen LogP contribution < -0.4 is 10.6 Å². The Labute approximate surface area is 150 Å². The van der Waals surface area contributed by atoms with E-state index in [1.807, 2.05) is 14.1 Å². The third kappa shape index (κ3) is 4.83. The Balaban J connectivity index is 1.95. The van der Waals surface area contributed by atoms with Crippen molar-refractivity contribution in [1.29, 1.82) is 0 Å². The van der Waals surface area contributed by atoms with Gasteiger partial charge in [0, 0.05) is 19.8 Å². The Hall–Kier alpha value is -1.83. The minimum Gasteiger partial charge on any atom is -0.351 e. The summed E-state index contributed by atoms with van der Waals surface area (Å²) in [6.07, 6.45) is 2.58. The third-order valence-electron chi connectivity index (χ3n) is 3.39. The quantitative estimate of drug-likeness (QED) is 0.738. The molecule has 0 atom stereocenters. The molecule has 0 bridgehead atoms. The summed E-state index contributed by atoms with van der Waals surface area (Å²) < 4.78 is 1.69. The predicted molar refractivity (Wildman–Crippen MR) is 98.2 cm³/mol. The van der Waals surface area contributed by atoms with Crippen molar-refractivity contribution in [3.63, 3.8) is 0 Å². The van der Waals surface area contributed by atoms with Crippen LogP contribution in [0.25, 0.3) is 0 Å². The number of carbonyl (C=O) groups excluding carboxylic acids is 2. The summed E-state index contributed by atoms with van der Waals surface area (Å²) in [7, 11) is 5.75. The molecular weight excluding hydrogens is 348 g/mol. The maximum Gasteiger partial charge on any atom is 0.267 e. The molecule has 130 valence electrons. The van der Waals surface area contributed by atoms with Gasteiger partial charge in [-0.3, -0.25) is 9.59 Å². The van der Waals surface area contributed by atoms with Crippen LogP contribution in [-0.4, -0.2) is 48.5 Å². The van der Waals surface area contributed by atoms with E-state index in [1.54, 1.807) is 35.3 Å². The van der Waals surface area contributed by atoms with Crippen LogP contribution in [0.4, 0.5) is 5.69 Å². The molecular formula is C16H21ClN4O2S. The Morgan fingerprint density at radius 3 is 2.71 bits per heavy atom. The molecule has 2 N–H and O–H groups in total. The van der Waals surface area contributed by atoms with Crippen molar-refractivity contribution < 1.29 is 9.59 Å². The molecule has 2 heterocycles. The predicted octanol–water partition coefficient (Wildman–Crippen LogP) is 2.67. The lowest BCUT2D eigenvalue weighted by molar-refractivity contribution is 0.0943. The SMILES string of the molecule is CN(C)CCCNC(=O)c1cc(NC(=O)c2sccc2Cl)cn1C. The summed E-state index contributed by atoms with van der Waals surface area (Å²) in [4.78, 5) is 26.9. The van der Waals surface area contributed by atoms with Crippen molar-refractivity contribution in [2.75, 3.05) is 32.5 Å². The molecule has 24 heavy (non-hydrogen) atoms. The number of rotatable bonds is 7. The number of anilines is 1. The van der Waals surface area contributed by atoms with Gasteiger partial charge in [0.05, 0.1) is 10.7 Å². The number of carbonyl (C=O) groups is 2. The van der Waals surface area contributed by atoms with Gasteiger partial charge >= 0.3 is 0 Å². The first kappa shape index (κ1) is 18.5. The molecule has 0 fully saturated rings. The van der Waals surface area contributed by atoms with Gasteiger partial charge in [0.2, 0.25) is 0 Å². The Bertz CT molecular complexity index is 723. The summed E-state index contributed by atoms with van der Waals surface area (Å²) in [6.45, 7) is 1.52. The topological polar surface area (TPSA) is 66.4 Å². The average Bonchev–Trinajstić information content (AvgIpc) is 3.09. The first-order chi connectivity index (χ1) is 11.4. The van der Waals surface area contributed by atoms with Crippen LogP contribution in [0.3, 0.4) is 0 Å². The van der Waals surface area contributed by atoms with Gasteiger partial charge in [-0.2, -0.15) is 0 Å². The van der Waals surface area contributed by atoms with E-state index in [4.69, 9.17) is 11.6 Å². The number of halogens is 1. The fourth-order valence-corrected chi connectivity index (χ4v) is 3.23. The molecule has 2 rings (SSSR count). The zero-order chi connectivity index (χ0) is 17.7. The van der Waals surface area contributed by atoms with Crippen molar-refractivity contribution >= 4 is 40.4 Å². The van der Waals surface area contributed by atoms with Gasteiger partial charge in [-0.05, 0) is 44.6 Å². The zero-order valence-corrected chi connectivity index (χ0v) is 15.5. The van der Waals surface area contributed by atoms with Gasteiger partial charge in [-0.25, -0.2) is 0 Å². The first-order valence-corrected chi connectivity index (χ1v) is 8.78.